The molecule has 0 radical (unpaired) electrons. The highest BCUT2D eigenvalue weighted by molar-refractivity contribution is 7.89. The molecule has 1 aromatic rings. The first-order chi connectivity index (χ1) is 13.7. The monoisotopic (exact) mass is 428 g/mol. The van der Waals surface area contributed by atoms with Crippen LogP contribution < -0.4 is 4.90 Å². The predicted molar refractivity (Wildman–Crippen MR) is 108 cm³/mol. The Morgan fingerprint density at radius 2 is 1.83 bits per heavy atom. The SMILES string of the molecule is CCN(CC)S(=O)(=O)c1ccc(N2CCN(C(=O)C(C)OC)CC2)c([N+](=O)[O-])c1. The van der Waals surface area contributed by atoms with E-state index in [0.29, 0.717) is 31.9 Å². The molecule has 1 aliphatic heterocycles. The topological polar surface area (TPSA) is 113 Å². The van der Waals surface area contributed by atoms with Crippen molar-refractivity contribution in [2.45, 2.75) is 31.8 Å². The second kappa shape index (κ2) is 9.51. The van der Waals surface area contributed by atoms with Crippen molar-refractivity contribution >= 4 is 27.3 Å². The predicted octanol–water partition coefficient (Wildman–Crippen LogP) is 1.31. The van der Waals surface area contributed by atoms with E-state index in [4.69, 9.17) is 4.74 Å². The van der Waals surface area contributed by atoms with Crippen molar-refractivity contribution in [3.05, 3.63) is 28.3 Å². The van der Waals surface area contributed by atoms with Gasteiger partial charge in [0.15, 0.2) is 0 Å². The van der Waals surface area contributed by atoms with E-state index >= 15 is 0 Å². The Kier molecular flexibility index (Phi) is 7.55. The molecule has 0 spiro atoms. The van der Waals surface area contributed by atoms with E-state index < -0.39 is 21.1 Å². The maximum Gasteiger partial charge on any atom is 0.293 e. The third-order valence-electron chi connectivity index (χ3n) is 5.12. The lowest BCUT2D eigenvalue weighted by molar-refractivity contribution is -0.384. The van der Waals surface area contributed by atoms with Crippen LogP contribution in [0, 0.1) is 10.1 Å². The number of anilines is 1. The Hall–Kier alpha value is -2.24. The third-order valence-corrected chi connectivity index (χ3v) is 7.17. The van der Waals surface area contributed by atoms with E-state index in [2.05, 4.69) is 0 Å². The van der Waals surface area contributed by atoms with Crippen LogP contribution in [-0.4, -0.2) is 80.9 Å². The van der Waals surface area contributed by atoms with Crippen LogP contribution in [0.4, 0.5) is 11.4 Å². The zero-order chi connectivity index (χ0) is 21.8. The van der Waals surface area contributed by atoms with Crippen molar-refractivity contribution in [3.63, 3.8) is 0 Å². The van der Waals surface area contributed by atoms with Crippen LogP contribution in [0.25, 0.3) is 0 Å². The molecule has 0 N–H and O–H groups in total. The van der Waals surface area contributed by atoms with E-state index in [1.165, 1.54) is 23.5 Å². The number of sulfonamides is 1. The molecule has 1 saturated heterocycles. The van der Waals surface area contributed by atoms with Crippen LogP contribution >= 0.6 is 0 Å². The first-order valence-corrected chi connectivity index (χ1v) is 11.0. The fourth-order valence-corrected chi connectivity index (χ4v) is 4.79. The smallest absolute Gasteiger partial charge is 0.293 e. The molecule has 10 nitrogen and oxygen atoms in total. The summed E-state index contributed by atoms with van der Waals surface area (Å²) in [6, 6.07) is 4.00. The Morgan fingerprint density at radius 3 is 2.31 bits per heavy atom. The molecule has 162 valence electrons. The summed E-state index contributed by atoms with van der Waals surface area (Å²) in [5.41, 5.74) is 0.0867. The number of nitro benzene ring substituents is 1. The molecule has 1 unspecified atom stereocenters. The van der Waals surface area contributed by atoms with Gasteiger partial charge in [0, 0.05) is 52.4 Å². The number of carbonyl (C=O) groups is 1. The molecular weight excluding hydrogens is 400 g/mol. The Balaban J connectivity index is 2.27. The highest BCUT2D eigenvalue weighted by Crippen LogP contribution is 2.32. The van der Waals surface area contributed by atoms with Gasteiger partial charge in [-0.3, -0.25) is 14.9 Å². The van der Waals surface area contributed by atoms with E-state index in [0.717, 1.165) is 6.07 Å². The van der Waals surface area contributed by atoms with Gasteiger partial charge >= 0.3 is 0 Å². The van der Waals surface area contributed by atoms with Gasteiger partial charge in [0.05, 0.1) is 9.82 Å². The highest BCUT2D eigenvalue weighted by Gasteiger charge is 2.30. The van der Waals surface area contributed by atoms with Gasteiger partial charge in [-0.1, -0.05) is 13.8 Å². The van der Waals surface area contributed by atoms with Crippen LogP contribution in [-0.2, 0) is 19.6 Å². The molecule has 1 aliphatic rings. The number of benzene rings is 1. The van der Waals surface area contributed by atoms with Crippen LogP contribution in [0.2, 0.25) is 0 Å². The quantitative estimate of drug-likeness (QED) is 0.453. The fourth-order valence-electron chi connectivity index (χ4n) is 3.32. The van der Waals surface area contributed by atoms with Gasteiger partial charge < -0.3 is 14.5 Å². The lowest BCUT2D eigenvalue weighted by atomic mass is 10.2. The van der Waals surface area contributed by atoms with Gasteiger partial charge in [0.25, 0.3) is 11.6 Å². The van der Waals surface area contributed by atoms with Gasteiger partial charge in [-0.2, -0.15) is 4.31 Å². The highest BCUT2D eigenvalue weighted by atomic mass is 32.2. The number of nitrogens with zero attached hydrogens (tertiary/aromatic N) is 4. The van der Waals surface area contributed by atoms with Crippen LogP contribution in [0.3, 0.4) is 0 Å². The molecule has 1 amide bonds. The van der Waals surface area contributed by atoms with E-state index in [1.54, 1.807) is 30.6 Å². The van der Waals surface area contributed by atoms with Crippen molar-refractivity contribution in [3.8, 4) is 0 Å². The fraction of sp³-hybridized carbons (Fsp3) is 0.611. The summed E-state index contributed by atoms with van der Waals surface area (Å²) in [6.45, 7) is 7.30. The maximum atomic E-state index is 12.7. The van der Waals surface area contributed by atoms with Crippen molar-refractivity contribution in [1.82, 2.24) is 9.21 Å². The van der Waals surface area contributed by atoms with Crippen LogP contribution in [0.5, 0.6) is 0 Å². The van der Waals surface area contributed by atoms with Gasteiger partial charge in [0.1, 0.15) is 11.8 Å². The molecular formula is C18H28N4O6S. The first kappa shape index (κ1) is 23.0. The van der Waals surface area contributed by atoms with Gasteiger partial charge in [-0.15, -0.1) is 0 Å². The second-order valence-electron chi connectivity index (χ2n) is 6.69. The number of hydrogen-bond acceptors (Lipinski definition) is 7. The molecule has 2 rings (SSSR count). The zero-order valence-electron chi connectivity index (χ0n) is 17.2. The number of hydrogen-bond donors (Lipinski definition) is 0. The summed E-state index contributed by atoms with van der Waals surface area (Å²) in [4.78, 5) is 26.7. The standard InChI is InChI=1S/C18H28N4O6S/c1-5-21(6-2)29(26,27)15-7-8-16(17(13-15)22(24)25)19-9-11-20(12-10-19)18(23)14(3)28-4/h7-8,13-14H,5-6,9-12H2,1-4H3. The number of piperazine rings is 1. The zero-order valence-corrected chi connectivity index (χ0v) is 18.0. The summed E-state index contributed by atoms with van der Waals surface area (Å²) >= 11 is 0. The van der Waals surface area contributed by atoms with E-state index in [1.807, 2.05) is 0 Å². The molecule has 11 heteroatoms. The number of methoxy groups -OCH3 is 1. The lowest BCUT2D eigenvalue weighted by Gasteiger charge is -2.36. The van der Waals surface area contributed by atoms with Gasteiger partial charge in [-0.25, -0.2) is 8.42 Å². The van der Waals surface area contributed by atoms with E-state index in [9.17, 15) is 23.3 Å². The number of amides is 1. The summed E-state index contributed by atoms with van der Waals surface area (Å²) in [7, 11) is -2.33. The molecule has 0 saturated carbocycles. The largest absolute Gasteiger partial charge is 0.372 e. The average molecular weight is 429 g/mol. The minimum atomic E-state index is -3.79. The molecule has 29 heavy (non-hydrogen) atoms. The number of rotatable bonds is 8. The van der Waals surface area contributed by atoms with Crippen LogP contribution in [0.1, 0.15) is 20.8 Å². The Bertz CT molecular complexity index is 848. The minimum absolute atomic E-state index is 0.0978. The summed E-state index contributed by atoms with van der Waals surface area (Å²) < 4.78 is 31.7. The van der Waals surface area contributed by atoms with Gasteiger partial charge in [0.2, 0.25) is 10.0 Å². The normalized spacial score (nSPS) is 16.2. The van der Waals surface area contributed by atoms with Gasteiger partial charge in [-0.05, 0) is 19.1 Å². The van der Waals surface area contributed by atoms with Crippen molar-refractivity contribution in [1.29, 1.82) is 0 Å². The summed E-state index contributed by atoms with van der Waals surface area (Å²) in [5.74, 6) is -0.123. The van der Waals surface area contributed by atoms with Crippen LogP contribution in [0.15, 0.2) is 23.1 Å². The van der Waals surface area contributed by atoms with Crippen molar-refractivity contribution in [2.75, 3.05) is 51.3 Å². The van der Waals surface area contributed by atoms with Crippen molar-refractivity contribution < 1.29 is 22.9 Å². The summed E-state index contributed by atoms with van der Waals surface area (Å²) in [5, 5.41) is 11.6. The molecule has 1 fully saturated rings. The number of carbonyl (C=O) groups excluding carboxylic acids is 1. The average Bonchev–Trinajstić information content (AvgIpc) is 2.72. The molecule has 0 bridgehead atoms. The van der Waals surface area contributed by atoms with Crippen molar-refractivity contribution in [2.24, 2.45) is 0 Å². The maximum absolute atomic E-state index is 12.7. The van der Waals surface area contributed by atoms with E-state index in [-0.39, 0.29) is 29.6 Å². The number of nitro groups is 1. The molecule has 0 aliphatic carbocycles. The lowest BCUT2D eigenvalue weighted by Crippen LogP contribution is -2.51. The Labute approximate surface area is 171 Å². The molecule has 1 heterocycles. The Morgan fingerprint density at radius 1 is 1.24 bits per heavy atom. The minimum Gasteiger partial charge on any atom is -0.372 e. The molecule has 1 atom stereocenters. The second-order valence-corrected chi connectivity index (χ2v) is 8.63. The molecule has 1 aromatic carbocycles. The first-order valence-electron chi connectivity index (χ1n) is 9.52. The summed E-state index contributed by atoms with van der Waals surface area (Å²) in [6.07, 6.45) is -0.541. The third kappa shape index (κ3) is 4.85. The number of ether oxygens (including phenoxy) is 1. The molecule has 0 aromatic heterocycles.